The molecule has 5 atom stereocenters. The van der Waals surface area contributed by atoms with Crippen LogP contribution in [0, 0.1) is 11.3 Å². The maximum atomic E-state index is 13.0. The highest BCUT2D eigenvalue weighted by atomic mass is 32.2. The number of carboxylic acid groups (broad SMARTS) is 1. The zero-order valence-corrected chi connectivity index (χ0v) is 19.5. The second-order valence-electron chi connectivity index (χ2n) is 8.58. The van der Waals surface area contributed by atoms with Crippen LogP contribution in [0.5, 0.6) is 0 Å². The molecule has 3 unspecified atom stereocenters. The van der Waals surface area contributed by atoms with Crippen LogP contribution < -0.4 is 0 Å². The number of aliphatic carboxylic acids is 1. The van der Waals surface area contributed by atoms with E-state index in [1.54, 1.807) is 0 Å². The Morgan fingerprint density at radius 2 is 1.85 bits per heavy atom. The number of carboxylic acids is 1. The monoisotopic (exact) mass is 439 g/mol. The van der Waals surface area contributed by atoms with Crippen molar-refractivity contribution in [1.29, 1.82) is 0 Å². The molecule has 2 aliphatic rings. The number of fused-ring (bicyclic) bond motifs is 1. The smallest absolute Gasteiger partial charge is 0.327 e. The summed E-state index contributed by atoms with van der Waals surface area (Å²) in [5, 5.41) is 8.58. The van der Waals surface area contributed by atoms with Gasteiger partial charge in [-0.05, 0) is 25.4 Å². The third kappa shape index (κ3) is 4.21. The summed E-state index contributed by atoms with van der Waals surface area (Å²) >= 11 is 1.29. The second kappa shape index (κ2) is 7.32. The Bertz CT molecular complexity index is 721. The summed E-state index contributed by atoms with van der Waals surface area (Å²) in [6.07, 6.45) is 0.920. The molecule has 0 radical (unpaired) electrons. The standard InChI is InChI=1S/C16H29NO7S2Si/c1-15(2,3)16(4,24-27(6)7)10-12(18)17-11(14(19)20)9(25-13(10)17)8-23-26(5,21)22/h9-11,13,27H,8H2,1-7H3,(H,19,20)/t9?,10-,11?,13+,16?/m0/s1. The molecule has 2 aliphatic heterocycles. The minimum Gasteiger partial charge on any atom is -0.480 e. The molecule has 0 bridgehead atoms. The molecule has 11 heteroatoms. The van der Waals surface area contributed by atoms with Crippen LogP contribution >= 0.6 is 11.8 Å². The predicted molar refractivity (Wildman–Crippen MR) is 106 cm³/mol. The van der Waals surface area contributed by atoms with Gasteiger partial charge in [0.25, 0.3) is 10.1 Å². The maximum Gasteiger partial charge on any atom is 0.327 e. The number of rotatable bonds is 7. The molecule has 0 saturated carbocycles. The topological polar surface area (TPSA) is 110 Å². The van der Waals surface area contributed by atoms with Crippen LogP contribution in [0.3, 0.4) is 0 Å². The number of carbonyl (C=O) groups is 2. The van der Waals surface area contributed by atoms with Gasteiger partial charge >= 0.3 is 5.97 Å². The Hall–Kier alpha value is -0.623. The van der Waals surface area contributed by atoms with Crippen molar-refractivity contribution in [2.24, 2.45) is 11.3 Å². The van der Waals surface area contributed by atoms with Crippen LogP contribution in [0.15, 0.2) is 0 Å². The molecule has 0 aliphatic carbocycles. The SMILES string of the molecule is C[SiH](C)OC(C)([C@H]1C(=O)N2C(C(=O)O)C(COS(C)(=O)=O)S[C@H]12)C(C)(C)C. The Morgan fingerprint density at radius 3 is 2.26 bits per heavy atom. The molecule has 27 heavy (non-hydrogen) atoms. The Labute approximate surface area is 166 Å². The lowest BCUT2D eigenvalue weighted by Crippen LogP contribution is -2.71. The lowest BCUT2D eigenvalue weighted by Gasteiger charge is -2.56. The summed E-state index contributed by atoms with van der Waals surface area (Å²) in [7, 11) is -5.18. The summed E-state index contributed by atoms with van der Waals surface area (Å²) in [5.74, 6) is -1.90. The number of thioether (sulfide) groups is 1. The molecule has 0 aromatic carbocycles. The van der Waals surface area contributed by atoms with Crippen molar-refractivity contribution < 1.29 is 31.7 Å². The van der Waals surface area contributed by atoms with Gasteiger partial charge in [0.2, 0.25) is 5.91 Å². The van der Waals surface area contributed by atoms with Crippen molar-refractivity contribution in [2.45, 2.75) is 63.1 Å². The number of β-lactam (4-membered cyclic amide) rings is 1. The maximum absolute atomic E-state index is 13.0. The van der Waals surface area contributed by atoms with Crippen molar-refractivity contribution in [1.82, 2.24) is 4.90 Å². The van der Waals surface area contributed by atoms with Crippen molar-refractivity contribution in [2.75, 3.05) is 12.9 Å². The van der Waals surface area contributed by atoms with Gasteiger partial charge in [-0.25, -0.2) is 4.79 Å². The van der Waals surface area contributed by atoms with Gasteiger partial charge in [0.1, 0.15) is 6.04 Å². The van der Waals surface area contributed by atoms with Crippen molar-refractivity contribution in [3.05, 3.63) is 0 Å². The van der Waals surface area contributed by atoms with E-state index in [0.717, 1.165) is 6.26 Å². The first-order valence-electron chi connectivity index (χ1n) is 8.83. The Balaban J connectivity index is 2.33. The lowest BCUT2D eigenvalue weighted by atomic mass is 9.66. The van der Waals surface area contributed by atoms with Crippen LogP contribution in [-0.4, -0.2) is 74.5 Å². The van der Waals surface area contributed by atoms with E-state index in [2.05, 4.69) is 0 Å². The average molecular weight is 440 g/mol. The molecule has 1 amide bonds. The Kier molecular flexibility index (Phi) is 6.15. The first-order valence-corrected chi connectivity index (χ1v) is 14.4. The third-order valence-electron chi connectivity index (χ3n) is 5.31. The minimum atomic E-state index is -3.70. The summed E-state index contributed by atoms with van der Waals surface area (Å²) in [4.78, 5) is 26.1. The molecule has 156 valence electrons. The van der Waals surface area contributed by atoms with E-state index < -0.39 is 47.9 Å². The molecule has 2 rings (SSSR count). The summed E-state index contributed by atoms with van der Waals surface area (Å²) < 4.78 is 33.8. The first kappa shape index (κ1) is 22.7. The normalized spacial score (nSPS) is 30.8. The van der Waals surface area contributed by atoms with E-state index >= 15 is 0 Å². The van der Waals surface area contributed by atoms with Crippen LogP contribution in [0.2, 0.25) is 13.1 Å². The zero-order chi connectivity index (χ0) is 20.9. The molecule has 2 saturated heterocycles. The van der Waals surface area contributed by atoms with E-state index in [1.165, 1.54) is 16.7 Å². The fourth-order valence-corrected chi connectivity index (χ4v) is 7.43. The number of nitrogens with zero attached hydrogens (tertiary/aromatic N) is 1. The second-order valence-corrected chi connectivity index (χ2v) is 13.9. The highest BCUT2D eigenvalue weighted by molar-refractivity contribution is 8.01. The summed E-state index contributed by atoms with van der Waals surface area (Å²) in [6, 6.07) is -1.11. The average Bonchev–Trinajstić information content (AvgIpc) is 2.77. The first-order chi connectivity index (χ1) is 12.1. The summed E-state index contributed by atoms with van der Waals surface area (Å²) in [5.41, 5.74) is -1.08. The van der Waals surface area contributed by atoms with Gasteiger partial charge in [-0.15, -0.1) is 11.8 Å². The highest BCUT2D eigenvalue weighted by Crippen LogP contribution is 2.56. The molecule has 0 aromatic heterocycles. The van der Waals surface area contributed by atoms with Crippen LogP contribution in [0.4, 0.5) is 0 Å². The van der Waals surface area contributed by atoms with Gasteiger partial charge in [-0.3, -0.25) is 8.98 Å². The van der Waals surface area contributed by atoms with E-state index in [-0.39, 0.29) is 23.3 Å². The molecular formula is C16H29NO7S2Si. The molecule has 0 aromatic rings. The van der Waals surface area contributed by atoms with Gasteiger partial charge in [0.15, 0.2) is 9.04 Å². The fraction of sp³-hybridized carbons (Fsp3) is 0.875. The molecule has 2 heterocycles. The van der Waals surface area contributed by atoms with E-state index in [1.807, 2.05) is 40.8 Å². The quantitative estimate of drug-likeness (QED) is 0.357. The molecule has 2 fully saturated rings. The lowest BCUT2D eigenvalue weighted by molar-refractivity contribution is -0.183. The van der Waals surface area contributed by atoms with Crippen LogP contribution in [0.25, 0.3) is 0 Å². The van der Waals surface area contributed by atoms with Gasteiger partial charge in [0.05, 0.1) is 35.0 Å². The summed E-state index contributed by atoms with van der Waals surface area (Å²) in [6.45, 7) is 11.8. The van der Waals surface area contributed by atoms with Gasteiger partial charge in [-0.1, -0.05) is 20.8 Å². The minimum absolute atomic E-state index is 0.256. The fourth-order valence-electron chi connectivity index (χ4n) is 3.67. The van der Waals surface area contributed by atoms with Crippen molar-refractivity contribution >= 4 is 42.8 Å². The van der Waals surface area contributed by atoms with Crippen LogP contribution in [0.1, 0.15) is 27.7 Å². The molecule has 8 nitrogen and oxygen atoms in total. The molecular weight excluding hydrogens is 410 g/mol. The van der Waals surface area contributed by atoms with Crippen molar-refractivity contribution in [3.63, 3.8) is 0 Å². The van der Waals surface area contributed by atoms with E-state index in [0.29, 0.717) is 0 Å². The van der Waals surface area contributed by atoms with Gasteiger partial charge in [0, 0.05) is 0 Å². The highest BCUT2D eigenvalue weighted by Gasteiger charge is 2.67. The van der Waals surface area contributed by atoms with Gasteiger partial charge in [-0.2, -0.15) is 8.42 Å². The van der Waals surface area contributed by atoms with Crippen LogP contribution in [-0.2, 0) is 28.3 Å². The number of amides is 1. The Morgan fingerprint density at radius 1 is 1.30 bits per heavy atom. The third-order valence-corrected chi connectivity index (χ3v) is 8.36. The largest absolute Gasteiger partial charge is 0.480 e. The van der Waals surface area contributed by atoms with E-state index in [9.17, 15) is 23.1 Å². The zero-order valence-electron chi connectivity index (χ0n) is 16.8. The number of hydrogen-bond donors (Lipinski definition) is 1. The number of carbonyl (C=O) groups excluding carboxylic acids is 1. The van der Waals surface area contributed by atoms with Gasteiger partial charge < -0.3 is 14.4 Å². The van der Waals surface area contributed by atoms with Crippen molar-refractivity contribution in [3.8, 4) is 0 Å². The molecule has 1 N–H and O–H groups in total. The van der Waals surface area contributed by atoms with E-state index in [4.69, 9.17) is 8.61 Å². The predicted octanol–water partition coefficient (Wildman–Crippen LogP) is 1.12. The number of hydrogen-bond acceptors (Lipinski definition) is 7. The molecule has 0 spiro atoms.